The molecule has 2 atom stereocenters. The van der Waals surface area contributed by atoms with Gasteiger partial charge < -0.3 is 9.80 Å². The Hall–Kier alpha value is -1.96. The molecule has 13 heteroatoms. The van der Waals surface area contributed by atoms with Crippen molar-refractivity contribution in [1.82, 2.24) is 26.1 Å². The number of likely N-dealkylation sites (N-methyl/N-ethyl adjacent to an activating group) is 1. The first-order chi connectivity index (χ1) is 13.6. The third-order valence-electron chi connectivity index (χ3n) is 4.74. The molecule has 0 saturated carbocycles. The minimum atomic E-state index is -4.88. The van der Waals surface area contributed by atoms with E-state index in [1.807, 2.05) is 7.05 Å². The third-order valence-corrected chi connectivity index (χ3v) is 5.04. The van der Waals surface area contributed by atoms with Gasteiger partial charge in [0.25, 0.3) is 5.91 Å². The molecule has 1 aliphatic rings. The minimum Gasteiger partial charge on any atom is -0.311 e. The Kier molecular flexibility index (Phi) is 10.3. The zero-order valence-corrected chi connectivity index (χ0v) is 17.8. The van der Waals surface area contributed by atoms with Crippen molar-refractivity contribution < 1.29 is 31.6 Å². The highest BCUT2D eigenvalue weighted by Crippen LogP contribution is 2.17. The number of hydrazine groups is 1. The molecule has 0 radical (unpaired) electrons. The van der Waals surface area contributed by atoms with Crippen molar-refractivity contribution in [2.24, 2.45) is 0 Å². The van der Waals surface area contributed by atoms with E-state index in [4.69, 9.17) is 4.55 Å². The summed E-state index contributed by atoms with van der Waals surface area (Å²) >= 11 is 0. The van der Waals surface area contributed by atoms with Gasteiger partial charge in [-0.3, -0.25) is 25.0 Å². The molecular weight excluding hydrogens is 406 g/mol. The fourth-order valence-corrected chi connectivity index (χ4v) is 3.41. The molecular formula is C16H31N5O7S. The standard InChI is InChI=1S/C16H31N5O7S/c1-4-8-13(21(5-2)16(24)19-28-29(25,26)27)15(23)18-17-14(22)11-12-9-6-7-10-20(12)3/h12-13H,4-11H2,1-3H3,(H,17,22)(H,18,23)(H,19,24)(H,25,26,27)/t12?,13-/m0/s1. The van der Waals surface area contributed by atoms with Gasteiger partial charge in [-0.05, 0) is 39.8 Å². The lowest BCUT2D eigenvalue weighted by Gasteiger charge is -2.32. The van der Waals surface area contributed by atoms with Gasteiger partial charge in [0.1, 0.15) is 6.04 Å². The lowest BCUT2D eigenvalue weighted by molar-refractivity contribution is -0.132. The van der Waals surface area contributed by atoms with Crippen molar-refractivity contribution in [3.8, 4) is 0 Å². The van der Waals surface area contributed by atoms with Gasteiger partial charge in [0.05, 0.1) is 0 Å². The van der Waals surface area contributed by atoms with Crippen LogP contribution in [0.1, 0.15) is 52.4 Å². The number of hydrogen-bond donors (Lipinski definition) is 4. The number of nitrogens with zero attached hydrogens (tertiary/aromatic N) is 2. The molecule has 1 unspecified atom stereocenters. The number of piperidine rings is 1. The largest absolute Gasteiger partial charge is 0.418 e. The second-order valence-corrected chi connectivity index (χ2v) is 7.90. The number of likely N-dealkylation sites (tertiary alicyclic amines) is 1. The lowest BCUT2D eigenvalue weighted by atomic mass is 10.00. The zero-order chi connectivity index (χ0) is 22.0. The molecule has 1 aliphatic heterocycles. The molecule has 0 spiro atoms. The molecule has 0 aromatic rings. The van der Waals surface area contributed by atoms with E-state index in [0.717, 1.165) is 30.7 Å². The van der Waals surface area contributed by atoms with E-state index >= 15 is 0 Å². The Morgan fingerprint density at radius 1 is 1.24 bits per heavy atom. The Labute approximate surface area is 171 Å². The minimum absolute atomic E-state index is 0.0551. The molecule has 168 valence electrons. The van der Waals surface area contributed by atoms with Gasteiger partial charge in [-0.2, -0.15) is 13.9 Å². The predicted octanol–water partition coefficient (Wildman–Crippen LogP) is -0.0572. The molecule has 1 fully saturated rings. The highest BCUT2D eigenvalue weighted by Gasteiger charge is 2.30. The van der Waals surface area contributed by atoms with E-state index in [9.17, 15) is 22.8 Å². The van der Waals surface area contributed by atoms with Crippen LogP contribution in [0.3, 0.4) is 0 Å². The number of urea groups is 1. The quantitative estimate of drug-likeness (QED) is 0.289. The average molecular weight is 438 g/mol. The number of carbonyl (C=O) groups excluding carboxylic acids is 3. The topological polar surface area (TPSA) is 157 Å². The van der Waals surface area contributed by atoms with E-state index in [-0.39, 0.29) is 31.3 Å². The van der Waals surface area contributed by atoms with Gasteiger partial charge in [-0.15, -0.1) is 4.28 Å². The smallest absolute Gasteiger partial charge is 0.311 e. The van der Waals surface area contributed by atoms with E-state index < -0.39 is 28.4 Å². The first-order valence-corrected chi connectivity index (χ1v) is 11.0. The van der Waals surface area contributed by atoms with Crippen LogP contribution in [0.15, 0.2) is 0 Å². The maximum atomic E-state index is 12.5. The van der Waals surface area contributed by atoms with E-state index in [0.29, 0.717) is 6.42 Å². The van der Waals surface area contributed by atoms with Crippen LogP contribution in [0.5, 0.6) is 0 Å². The number of amides is 4. The molecule has 0 aliphatic carbocycles. The highest BCUT2D eigenvalue weighted by molar-refractivity contribution is 7.80. The average Bonchev–Trinajstić information content (AvgIpc) is 2.65. The van der Waals surface area contributed by atoms with E-state index in [1.54, 1.807) is 19.3 Å². The van der Waals surface area contributed by atoms with Crippen molar-refractivity contribution in [2.45, 2.75) is 64.5 Å². The highest BCUT2D eigenvalue weighted by atomic mass is 32.3. The summed E-state index contributed by atoms with van der Waals surface area (Å²) in [5.41, 5.74) is 6.27. The molecule has 4 amide bonds. The van der Waals surface area contributed by atoms with E-state index in [1.165, 1.54) is 0 Å². The summed E-state index contributed by atoms with van der Waals surface area (Å²) in [5.74, 6) is -0.962. The Bertz CT molecular complexity index is 673. The molecule has 0 aromatic heterocycles. The number of rotatable bonds is 9. The molecule has 29 heavy (non-hydrogen) atoms. The van der Waals surface area contributed by atoms with Gasteiger partial charge in [0.15, 0.2) is 0 Å². The summed E-state index contributed by atoms with van der Waals surface area (Å²) in [6.45, 7) is 4.37. The Balaban J connectivity index is 2.64. The molecule has 1 saturated heterocycles. The fourth-order valence-electron chi connectivity index (χ4n) is 3.24. The van der Waals surface area contributed by atoms with Crippen LogP contribution in [0.2, 0.25) is 0 Å². The van der Waals surface area contributed by atoms with Gasteiger partial charge in [-0.1, -0.05) is 19.8 Å². The summed E-state index contributed by atoms with van der Waals surface area (Å²) in [5, 5.41) is 0. The van der Waals surface area contributed by atoms with Crippen LogP contribution < -0.4 is 16.3 Å². The van der Waals surface area contributed by atoms with Gasteiger partial charge >= 0.3 is 16.4 Å². The summed E-state index contributed by atoms with van der Waals surface area (Å²) in [4.78, 5) is 40.0. The first kappa shape index (κ1) is 25.1. The maximum absolute atomic E-state index is 12.5. The maximum Gasteiger partial charge on any atom is 0.418 e. The van der Waals surface area contributed by atoms with E-state index in [2.05, 4.69) is 20.0 Å². The van der Waals surface area contributed by atoms with Crippen LogP contribution in [-0.2, 0) is 24.3 Å². The second-order valence-electron chi connectivity index (χ2n) is 6.88. The molecule has 1 rings (SSSR count). The number of nitrogens with one attached hydrogen (secondary N) is 3. The Morgan fingerprint density at radius 2 is 1.93 bits per heavy atom. The van der Waals surface area contributed by atoms with Crippen LogP contribution in [0.4, 0.5) is 4.79 Å². The SMILES string of the molecule is CCC[C@@H](C(=O)NNC(=O)CC1CCCCN1C)N(CC)C(=O)NOS(=O)(=O)O. The molecule has 0 aromatic carbocycles. The van der Waals surface area contributed by atoms with Gasteiger partial charge in [-0.25, -0.2) is 4.79 Å². The zero-order valence-electron chi connectivity index (χ0n) is 17.0. The van der Waals surface area contributed by atoms with Crippen molar-refractivity contribution in [2.75, 3.05) is 20.1 Å². The third kappa shape index (κ3) is 8.94. The van der Waals surface area contributed by atoms with Gasteiger partial charge in [0, 0.05) is 19.0 Å². The van der Waals surface area contributed by atoms with Crippen molar-refractivity contribution in [1.29, 1.82) is 0 Å². The monoisotopic (exact) mass is 437 g/mol. The summed E-state index contributed by atoms with van der Waals surface area (Å²) in [6, 6.07) is -1.89. The van der Waals surface area contributed by atoms with Crippen molar-refractivity contribution in [3.63, 3.8) is 0 Å². The van der Waals surface area contributed by atoms with Crippen LogP contribution in [-0.4, -0.2) is 72.8 Å². The summed E-state index contributed by atoms with van der Waals surface area (Å²) in [7, 11) is -2.92. The molecule has 0 bridgehead atoms. The number of carbonyl (C=O) groups is 3. The first-order valence-electron chi connectivity index (χ1n) is 9.60. The van der Waals surface area contributed by atoms with Crippen LogP contribution in [0.25, 0.3) is 0 Å². The van der Waals surface area contributed by atoms with Gasteiger partial charge in [0.2, 0.25) is 5.91 Å². The summed E-state index contributed by atoms with van der Waals surface area (Å²) < 4.78 is 33.6. The van der Waals surface area contributed by atoms with Crippen molar-refractivity contribution >= 4 is 28.2 Å². The summed E-state index contributed by atoms with van der Waals surface area (Å²) in [6.07, 6.45) is 4.12. The molecule has 12 nitrogen and oxygen atoms in total. The number of hydrogen-bond acceptors (Lipinski definition) is 7. The molecule has 4 N–H and O–H groups in total. The van der Waals surface area contributed by atoms with Crippen LogP contribution >= 0.6 is 0 Å². The fraction of sp³-hybridized carbons (Fsp3) is 0.812. The second kappa shape index (κ2) is 11.9. The lowest BCUT2D eigenvalue weighted by Crippen LogP contribution is -2.56. The number of hydroxylamine groups is 1. The predicted molar refractivity (Wildman–Crippen MR) is 103 cm³/mol. The van der Waals surface area contributed by atoms with Crippen LogP contribution in [0, 0.1) is 0 Å². The Morgan fingerprint density at radius 3 is 2.48 bits per heavy atom. The van der Waals surface area contributed by atoms with Crippen molar-refractivity contribution in [3.05, 3.63) is 0 Å². The molecule has 1 heterocycles. The normalized spacial score (nSPS) is 18.6.